The zero-order valence-electron chi connectivity index (χ0n) is 10.7. The number of amides is 1. The molecule has 2 rings (SSSR count). The van der Waals surface area contributed by atoms with Gasteiger partial charge >= 0.3 is 0 Å². The van der Waals surface area contributed by atoms with Gasteiger partial charge in [0.25, 0.3) is 5.91 Å². The van der Waals surface area contributed by atoms with Gasteiger partial charge in [-0.25, -0.2) is 0 Å². The number of carbonyl (C=O) groups is 1. The van der Waals surface area contributed by atoms with E-state index < -0.39 is 0 Å². The molecule has 0 saturated carbocycles. The molecule has 5 heteroatoms. The Labute approximate surface area is 111 Å². The molecule has 5 nitrogen and oxygen atoms in total. The van der Waals surface area contributed by atoms with Crippen LogP contribution >= 0.6 is 0 Å². The summed E-state index contributed by atoms with van der Waals surface area (Å²) in [6, 6.07) is 9.23. The van der Waals surface area contributed by atoms with Crippen molar-refractivity contribution < 1.29 is 14.4 Å². The Morgan fingerprint density at radius 3 is 2.58 bits per heavy atom. The summed E-state index contributed by atoms with van der Waals surface area (Å²) in [5.41, 5.74) is 2.29. The van der Waals surface area contributed by atoms with Gasteiger partial charge in [-0.15, -0.1) is 0 Å². The van der Waals surface area contributed by atoms with Crippen LogP contribution in [0.5, 0.6) is 0 Å². The number of rotatable bonds is 5. The number of aliphatic hydroxyl groups excluding tert-OH is 1. The number of aryl methyl sites for hydroxylation is 1. The number of hydrogen-bond donors (Lipinski definition) is 2. The third-order valence-electron chi connectivity index (χ3n) is 2.77. The first kappa shape index (κ1) is 13.3. The summed E-state index contributed by atoms with van der Waals surface area (Å²) in [6.45, 7) is 2.32. The Hall–Kier alpha value is -2.14. The molecule has 1 aromatic carbocycles. The van der Waals surface area contributed by atoms with E-state index in [1.807, 2.05) is 24.3 Å². The minimum absolute atomic E-state index is 0.0442. The second kappa shape index (κ2) is 6.15. The van der Waals surface area contributed by atoms with Crippen LogP contribution in [0.15, 0.2) is 34.9 Å². The van der Waals surface area contributed by atoms with E-state index in [2.05, 4.69) is 10.5 Å². The number of carbonyl (C=O) groups excluding carboxylic acids is 1. The molecule has 1 amide bonds. The molecule has 0 radical (unpaired) electrons. The molecule has 0 aliphatic heterocycles. The number of benzene rings is 1. The largest absolute Gasteiger partial charge is 0.392 e. The minimum atomic E-state index is -0.233. The predicted octanol–water partition coefficient (Wildman–Crippen LogP) is 1.45. The van der Waals surface area contributed by atoms with Crippen molar-refractivity contribution in [1.29, 1.82) is 0 Å². The average molecular weight is 260 g/mol. The molecule has 1 heterocycles. The minimum Gasteiger partial charge on any atom is -0.392 e. The van der Waals surface area contributed by atoms with Crippen molar-refractivity contribution in [2.75, 3.05) is 6.54 Å². The Balaban J connectivity index is 1.81. The first-order valence-electron chi connectivity index (χ1n) is 6.09. The molecular formula is C14H16N2O3. The van der Waals surface area contributed by atoms with E-state index in [9.17, 15) is 4.79 Å². The van der Waals surface area contributed by atoms with Gasteiger partial charge in [0.1, 0.15) is 5.76 Å². The smallest absolute Gasteiger partial charge is 0.273 e. The van der Waals surface area contributed by atoms with Gasteiger partial charge in [0.2, 0.25) is 0 Å². The molecule has 0 unspecified atom stereocenters. The van der Waals surface area contributed by atoms with Gasteiger partial charge in [0.05, 0.1) is 6.61 Å². The van der Waals surface area contributed by atoms with Crippen molar-refractivity contribution in [1.82, 2.24) is 10.5 Å². The highest BCUT2D eigenvalue weighted by Gasteiger charge is 2.09. The maximum Gasteiger partial charge on any atom is 0.273 e. The fourth-order valence-electron chi connectivity index (χ4n) is 1.70. The van der Waals surface area contributed by atoms with Crippen LogP contribution in [-0.4, -0.2) is 22.7 Å². The summed E-state index contributed by atoms with van der Waals surface area (Å²) < 4.78 is 4.84. The third kappa shape index (κ3) is 3.66. The van der Waals surface area contributed by atoms with Gasteiger partial charge < -0.3 is 14.9 Å². The van der Waals surface area contributed by atoms with Crippen LogP contribution in [0.3, 0.4) is 0 Å². The zero-order valence-corrected chi connectivity index (χ0v) is 10.7. The number of nitrogens with one attached hydrogen (secondary N) is 1. The standard InChI is InChI=1S/C14H16N2O3/c1-10-8-13(16-19-10)14(18)15-7-6-11-2-4-12(9-17)5-3-11/h2-5,8,17H,6-7,9H2,1H3,(H,15,18). The second-order valence-electron chi connectivity index (χ2n) is 4.30. The molecule has 0 aliphatic rings. The van der Waals surface area contributed by atoms with E-state index in [-0.39, 0.29) is 12.5 Å². The second-order valence-corrected chi connectivity index (χ2v) is 4.30. The van der Waals surface area contributed by atoms with Gasteiger partial charge in [-0.2, -0.15) is 0 Å². The predicted molar refractivity (Wildman–Crippen MR) is 69.6 cm³/mol. The van der Waals surface area contributed by atoms with E-state index in [4.69, 9.17) is 9.63 Å². The van der Waals surface area contributed by atoms with Crippen molar-refractivity contribution in [2.45, 2.75) is 20.0 Å². The molecule has 1 aromatic heterocycles. The van der Waals surface area contributed by atoms with Gasteiger partial charge in [-0.05, 0) is 24.5 Å². The summed E-state index contributed by atoms with van der Waals surface area (Å²) in [4.78, 5) is 11.7. The molecular weight excluding hydrogens is 244 g/mol. The molecule has 0 spiro atoms. The van der Waals surface area contributed by atoms with Crippen LogP contribution in [0, 0.1) is 6.92 Å². The van der Waals surface area contributed by atoms with E-state index in [1.165, 1.54) is 0 Å². The highest BCUT2D eigenvalue weighted by Crippen LogP contribution is 2.05. The van der Waals surface area contributed by atoms with Crippen LogP contribution in [0.4, 0.5) is 0 Å². The molecule has 2 aromatic rings. The molecule has 100 valence electrons. The van der Waals surface area contributed by atoms with Gasteiger partial charge in [0, 0.05) is 12.6 Å². The number of hydrogen-bond acceptors (Lipinski definition) is 4. The van der Waals surface area contributed by atoms with E-state index in [1.54, 1.807) is 13.0 Å². The van der Waals surface area contributed by atoms with Crippen molar-refractivity contribution in [3.8, 4) is 0 Å². The Kier molecular flexibility index (Phi) is 4.30. The summed E-state index contributed by atoms with van der Waals surface area (Å²) in [7, 11) is 0. The zero-order chi connectivity index (χ0) is 13.7. The third-order valence-corrected chi connectivity index (χ3v) is 2.77. The van der Waals surface area contributed by atoms with Gasteiger partial charge in [-0.3, -0.25) is 4.79 Å². The first-order chi connectivity index (χ1) is 9.19. The lowest BCUT2D eigenvalue weighted by atomic mass is 10.1. The summed E-state index contributed by atoms with van der Waals surface area (Å²) >= 11 is 0. The van der Waals surface area contributed by atoms with Gasteiger partial charge in [0.15, 0.2) is 5.69 Å². The topological polar surface area (TPSA) is 75.4 Å². The normalized spacial score (nSPS) is 10.4. The average Bonchev–Trinajstić information content (AvgIpc) is 2.86. The van der Waals surface area contributed by atoms with Crippen LogP contribution in [0.25, 0.3) is 0 Å². The fraction of sp³-hybridized carbons (Fsp3) is 0.286. The fourth-order valence-corrected chi connectivity index (χ4v) is 1.70. The Morgan fingerprint density at radius 2 is 2.00 bits per heavy atom. The lowest BCUT2D eigenvalue weighted by Crippen LogP contribution is -2.25. The summed E-state index contributed by atoms with van der Waals surface area (Å²) in [5, 5.41) is 15.4. The summed E-state index contributed by atoms with van der Waals surface area (Å²) in [5.74, 6) is 0.383. The van der Waals surface area contributed by atoms with Crippen LogP contribution < -0.4 is 5.32 Å². The summed E-state index contributed by atoms with van der Waals surface area (Å²) in [6.07, 6.45) is 0.730. The Morgan fingerprint density at radius 1 is 1.32 bits per heavy atom. The van der Waals surface area contributed by atoms with Crippen LogP contribution in [-0.2, 0) is 13.0 Å². The monoisotopic (exact) mass is 260 g/mol. The van der Waals surface area contributed by atoms with Crippen molar-refractivity contribution in [2.24, 2.45) is 0 Å². The SMILES string of the molecule is Cc1cc(C(=O)NCCc2ccc(CO)cc2)no1. The maximum absolute atomic E-state index is 11.7. The highest BCUT2D eigenvalue weighted by molar-refractivity contribution is 5.92. The molecule has 0 aliphatic carbocycles. The lowest BCUT2D eigenvalue weighted by molar-refractivity contribution is 0.0945. The van der Waals surface area contributed by atoms with E-state index in [0.29, 0.717) is 18.0 Å². The highest BCUT2D eigenvalue weighted by atomic mass is 16.5. The number of aliphatic hydroxyl groups is 1. The number of aromatic nitrogens is 1. The van der Waals surface area contributed by atoms with Crippen molar-refractivity contribution >= 4 is 5.91 Å². The van der Waals surface area contributed by atoms with E-state index in [0.717, 1.165) is 17.5 Å². The maximum atomic E-state index is 11.7. The molecule has 0 bridgehead atoms. The quantitative estimate of drug-likeness (QED) is 0.853. The van der Waals surface area contributed by atoms with Gasteiger partial charge in [-0.1, -0.05) is 29.4 Å². The molecule has 0 fully saturated rings. The molecule has 2 N–H and O–H groups in total. The number of nitrogens with zero attached hydrogens (tertiary/aromatic N) is 1. The van der Waals surface area contributed by atoms with Crippen LogP contribution in [0.2, 0.25) is 0 Å². The van der Waals surface area contributed by atoms with E-state index >= 15 is 0 Å². The van der Waals surface area contributed by atoms with Crippen molar-refractivity contribution in [3.05, 3.63) is 52.9 Å². The van der Waals surface area contributed by atoms with Crippen molar-refractivity contribution in [3.63, 3.8) is 0 Å². The van der Waals surface area contributed by atoms with Crippen LogP contribution in [0.1, 0.15) is 27.4 Å². The molecule has 0 saturated heterocycles. The molecule has 19 heavy (non-hydrogen) atoms. The first-order valence-corrected chi connectivity index (χ1v) is 6.09. The lowest BCUT2D eigenvalue weighted by Gasteiger charge is -2.04. The molecule has 0 atom stereocenters. The Bertz CT molecular complexity index is 546.